The average Bonchev–Trinajstić information content (AvgIpc) is 3.94. The Bertz CT molecular complexity index is 3420. The van der Waals surface area contributed by atoms with Gasteiger partial charge in [-0.25, -0.2) is 0 Å². The van der Waals surface area contributed by atoms with Gasteiger partial charge in [-0.15, -0.1) is 0 Å². The van der Waals surface area contributed by atoms with E-state index >= 15 is 0 Å². The lowest BCUT2D eigenvalue weighted by molar-refractivity contribution is 0.588. The van der Waals surface area contributed by atoms with Crippen molar-refractivity contribution in [2.45, 2.75) is 83.0 Å². The highest BCUT2D eigenvalue weighted by Gasteiger charge is 2.52. The lowest BCUT2D eigenvalue weighted by Crippen LogP contribution is -2.28. The molecule has 0 aliphatic heterocycles. The Labute approximate surface area is 403 Å². The number of anilines is 3. The van der Waals surface area contributed by atoms with E-state index in [0.717, 1.165) is 17.1 Å². The quantitative estimate of drug-likeness (QED) is 0.161. The highest BCUT2D eigenvalue weighted by atomic mass is 15.1. The molecule has 0 aromatic heterocycles. The molecule has 0 bridgehead atoms. The van der Waals surface area contributed by atoms with Crippen LogP contribution in [0.2, 0.25) is 0 Å². The summed E-state index contributed by atoms with van der Waals surface area (Å²) in [6.07, 6.45) is 0. The maximum atomic E-state index is 2.54. The molecular formula is C67H59N. The fraction of sp³-hybridized carbons (Fsp3) is 0.194. The normalized spacial score (nSPS) is 17.4. The second-order valence-corrected chi connectivity index (χ2v) is 21.9. The van der Waals surface area contributed by atoms with Crippen molar-refractivity contribution in [2.75, 3.05) is 4.90 Å². The van der Waals surface area contributed by atoms with Crippen molar-refractivity contribution in [3.63, 3.8) is 0 Å². The second-order valence-electron chi connectivity index (χ2n) is 21.9. The third kappa shape index (κ3) is 6.00. The standard InChI is InChI=1S/C67H59N/c1-43(2)44-26-33-49(34-27-44)68(50-36-39-61-57(41-50)54-22-14-15-23-58(54)66(61,46-18-10-9-11-19-46)47-30-28-45(29-31-47)64(3,4)5)51-35-38-56-53-21-13-17-25-60(53)67(63(56)42-51)59-24-16-12-20-52(59)55-37-32-48(40-62(55)67)65(6,7)8/h9-43H,1-8H3. The van der Waals surface area contributed by atoms with Gasteiger partial charge >= 0.3 is 0 Å². The van der Waals surface area contributed by atoms with Gasteiger partial charge in [-0.05, 0) is 148 Å². The van der Waals surface area contributed by atoms with Crippen LogP contribution in [0.15, 0.2) is 206 Å². The van der Waals surface area contributed by atoms with Crippen LogP contribution < -0.4 is 4.90 Å². The van der Waals surface area contributed by atoms with Crippen molar-refractivity contribution in [1.29, 1.82) is 0 Å². The summed E-state index contributed by atoms with van der Waals surface area (Å²) in [6, 6.07) is 79.3. The van der Waals surface area contributed by atoms with Gasteiger partial charge < -0.3 is 4.90 Å². The fourth-order valence-corrected chi connectivity index (χ4v) is 12.3. The highest BCUT2D eigenvalue weighted by molar-refractivity contribution is 5.97. The molecule has 332 valence electrons. The van der Waals surface area contributed by atoms with E-state index in [2.05, 4.69) is 267 Å². The van der Waals surface area contributed by atoms with Crippen LogP contribution in [0.3, 0.4) is 0 Å². The molecule has 1 spiro atoms. The van der Waals surface area contributed by atoms with Crippen LogP contribution >= 0.6 is 0 Å². The molecule has 0 fully saturated rings. The number of fused-ring (bicyclic) bond motifs is 13. The van der Waals surface area contributed by atoms with Crippen LogP contribution in [-0.4, -0.2) is 0 Å². The molecule has 2 unspecified atom stereocenters. The lowest BCUT2D eigenvalue weighted by Gasteiger charge is -2.35. The number of hydrogen-bond donors (Lipinski definition) is 0. The molecule has 0 saturated heterocycles. The summed E-state index contributed by atoms with van der Waals surface area (Å²) >= 11 is 0. The minimum absolute atomic E-state index is 0.00704. The van der Waals surface area contributed by atoms with Crippen molar-refractivity contribution in [1.82, 2.24) is 0 Å². The molecule has 0 saturated carbocycles. The minimum Gasteiger partial charge on any atom is -0.310 e. The summed E-state index contributed by atoms with van der Waals surface area (Å²) < 4.78 is 0. The number of benzene rings is 9. The van der Waals surface area contributed by atoms with Gasteiger partial charge in [0.25, 0.3) is 0 Å². The Kier molecular flexibility index (Phi) is 9.39. The van der Waals surface area contributed by atoms with E-state index in [9.17, 15) is 0 Å². The van der Waals surface area contributed by atoms with E-state index in [-0.39, 0.29) is 10.8 Å². The molecule has 9 aromatic carbocycles. The smallest absolute Gasteiger partial charge is 0.0726 e. The van der Waals surface area contributed by atoms with Crippen molar-refractivity contribution in [3.8, 4) is 33.4 Å². The Balaban J connectivity index is 1.11. The summed E-state index contributed by atoms with van der Waals surface area (Å²) in [7, 11) is 0. The van der Waals surface area contributed by atoms with Gasteiger partial charge in [-0.2, -0.15) is 0 Å². The molecule has 68 heavy (non-hydrogen) atoms. The second kappa shape index (κ2) is 15.1. The maximum absolute atomic E-state index is 2.54. The van der Waals surface area contributed by atoms with E-state index < -0.39 is 10.8 Å². The lowest BCUT2D eigenvalue weighted by atomic mass is 9.67. The Morgan fingerprint density at radius 3 is 1.34 bits per heavy atom. The number of nitrogens with zero attached hydrogens (tertiary/aromatic N) is 1. The van der Waals surface area contributed by atoms with Gasteiger partial charge in [0.2, 0.25) is 0 Å². The van der Waals surface area contributed by atoms with Crippen LogP contribution in [0.25, 0.3) is 33.4 Å². The molecule has 12 rings (SSSR count). The zero-order chi connectivity index (χ0) is 46.7. The summed E-state index contributed by atoms with van der Waals surface area (Å²) in [5, 5.41) is 0. The van der Waals surface area contributed by atoms with Gasteiger partial charge in [0.05, 0.1) is 10.8 Å². The van der Waals surface area contributed by atoms with E-state index in [1.807, 2.05) is 0 Å². The zero-order valence-electron chi connectivity index (χ0n) is 40.7. The van der Waals surface area contributed by atoms with Crippen LogP contribution in [0, 0.1) is 0 Å². The molecular weight excluding hydrogens is 819 g/mol. The molecule has 0 amide bonds. The van der Waals surface area contributed by atoms with E-state index in [1.54, 1.807) is 0 Å². The third-order valence-corrected chi connectivity index (χ3v) is 15.7. The first-order valence-corrected chi connectivity index (χ1v) is 24.6. The SMILES string of the molecule is CC(C)c1ccc(N(c2ccc3c(c2)-c2ccccc2C3(c2ccccc2)c2ccc(C(C)(C)C)cc2)c2ccc3c(c2)C2(c4ccccc4-3)c3ccccc3-c3ccc(C(C)(C)C)cc32)cc1. The van der Waals surface area contributed by atoms with Gasteiger partial charge in [0.1, 0.15) is 0 Å². The van der Waals surface area contributed by atoms with Crippen LogP contribution in [0.1, 0.15) is 123 Å². The minimum atomic E-state index is -0.493. The first-order chi connectivity index (χ1) is 32.8. The van der Waals surface area contributed by atoms with E-state index in [1.165, 1.54) is 94.6 Å². The van der Waals surface area contributed by atoms with Crippen molar-refractivity contribution in [3.05, 3.63) is 267 Å². The van der Waals surface area contributed by atoms with Crippen molar-refractivity contribution >= 4 is 17.1 Å². The average molecular weight is 878 g/mol. The molecule has 1 nitrogen and oxygen atoms in total. The fourth-order valence-electron chi connectivity index (χ4n) is 12.3. The monoisotopic (exact) mass is 877 g/mol. The number of rotatable bonds is 6. The van der Waals surface area contributed by atoms with Crippen LogP contribution in [0.5, 0.6) is 0 Å². The third-order valence-electron chi connectivity index (χ3n) is 15.7. The van der Waals surface area contributed by atoms with E-state index in [0.29, 0.717) is 5.92 Å². The van der Waals surface area contributed by atoms with Crippen molar-refractivity contribution in [2.24, 2.45) is 0 Å². The topological polar surface area (TPSA) is 3.24 Å². The molecule has 9 aromatic rings. The van der Waals surface area contributed by atoms with Gasteiger partial charge in [-0.3, -0.25) is 0 Å². The first kappa shape index (κ1) is 42.2. The number of hydrogen-bond acceptors (Lipinski definition) is 1. The zero-order valence-corrected chi connectivity index (χ0v) is 40.7. The molecule has 3 aliphatic rings. The molecule has 1 heteroatoms. The van der Waals surface area contributed by atoms with Gasteiger partial charge in [0.15, 0.2) is 0 Å². The summed E-state index contributed by atoms with van der Waals surface area (Å²) in [4.78, 5) is 2.51. The van der Waals surface area contributed by atoms with Crippen LogP contribution in [-0.2, 0) is 21.7 Å². The van der Waals surface area contributed by atoms with Crippen LogP contribution in [0.4, 0.5) is 17.1 Å². The predicted molar refractivity (Wildman–Crippen MR) is 286 cm³/mol. The molecule has 0 N–H and O–H groups in total. The molecule has 3 aliphatic carbocycles. The first-order valence-electron chi connectivity index (χ1n) is 24.6. The Morgan fingerprint density at radius 2 is 0.750 bits per heavy atom. The summed E-state index contributed by atoms with van der Waals surface area (Å²) in [5.74, 6) is 0.427. The van der Waals surface area contributed by atoms with Gasteiger partial charge in [-0.1, -0.05) is 225 Å². The Morgan fingerprint density at radius 1 is 0.324 bits per heavy atom. The Hall–Kier alpha value is -7.22. The molecule has 0 radical (unpaired) electrons. The van der Waals surface area contributed by atoms with Gasteiger partial charge in [0, 0.05) is 17.1 Å². The summed E-state index contributed by atoms with van der Waals surface area (Å²) in [6.45, 7) is 18.5. The largest absolute Gasteiger partial charge is 0.310 e. The summed E-state index contributed by atoms with van der Waals surface area (Å²) in [5.41, 5.74) is 25.0. The highest BCUT2D eigenvalue weighted by Crippen LogP contribution is 2.64. The van der Waals surface area contributed by atoms with E-state index in [4.69, 9.17) is 0 Å². The molecule has 2 atom stereocenters. The molecule has 0 heterocycles. The van der Waals surface area contributed by atoms with Crippen molar-refractivity contribution < 1.29 is 0 Å². The maximum Gasteiger partial charge on any atom is 0.0726 e. The predicted octanol–water partition coefficient (Wildman–Crippen LogP) is 17.6.